The van der Waals surface area contributed by atoms with Crippen LogP contribution in [0.3, 0.4) is 0 Å². The molecule has 0 amide bonds. The Kier molecular flexibility index (Phi) is 3.14. The predicted molar refractivity (Wildman–Crippen MR) is 82.2 cm³/mol. The summed E-state index contributed by atoms with van der Waals surface area (Å²) in [6.07, 6.45) is 1.28. The Bertz CT molecular complexity index is 912. The van der Waals surface area contributed by atoms with E-state index in [1.807, 2.05) is 0 Å². The Morgan fingerprint density at radius 3 is 2.50 bits per heavy atom. The van der Waals surface area contributed by atoms with Gasteiger partial charge in [-0.3, -0.25) is 4.79 Å². The van der Waals surface area contributed by atoms with Crippen molar-refractivity contribution < 1.29 is 19.4 Å². The van der Waals surface area contributed by atoms with Crippen LogP contribution in [0.5, 0.6) is 17.2 Å². The van der Waals surface area contributed by atoms with Gasteiger partial charge in [0.15, 0.2) is 11.5 Å². The minimum atomic E-state index is -0.455. The topological polar surface area (TPSA) is 106 Å². The van der Waals surface area contributed by atoms with Crippen LogP contribution in [0.4, 0.5) is 5.69 Å². The number of benzene rings is 2. The smallest absolute Gasteiger partial charge is 0.204 e. The molecule has 1 heterocycles. The SMILES string of the molecule is COc1c(O)cc2occ(-c3ccc(N)cc3)c(=O)c2c1O. The van der Waals surface area contributed by atoms with Gasteiger partial charge in [-0.05, 0) is 17.7 Å². The van der Waals surface area contributed by atoms with Gasteiger partial charge in [0.25, 0.3) is 0 Å². The molecule has 0 radical (unpaired) electrons. The standard InChI is InChI=1S/C16H13NO5/c1-21-16-11(18)6-12-13(15(16)20)14(19)10(7-22-12)8-2-4-9(17)5-3-8/h2-7,18,20H,17H2,1H3. The number of methoxy groups -OCH3 is 1. The van der Waals surface area contributed by atoms with Crippen molar-refractivity contribution in [2.24, 2.45) is 0 Å². The number of phenols is 2. The third-order valence-corrected chi connectivity index (χ3v) is 3.40. The fraction of sp³-hybridized carbons (Fsp3) is 0.0625. The summed E-state index contributed by atoms with van der Waals surface area (Å²) in [6.45, 7) is 0. The van der Waals surface area contributed by atoms with E-state index >= 15 is 0 Å². The molecule has 0 saturated heterocycles. The second-order valence-corrected chi connectivity index (χ2v) is 4.75. The Balaban J connectivity index is 2.34. The van der Waals surface area contributed by atoms with Gasteiger partial charge in [0.2, 0.25) is 11.2 Å². The summed E-state index contributed by atoms with van der Waals surface area (Å²) in [4.78, 5) is 12.6. The number of aromatic hydroxyl groups is 2. The quantitative estimate of drug-likeness (QED) is 0.628. The number of fused-ring (bicyclic) bond motifs is 1. The molecule has 0 aliphatic rings. The van der Waals surface area contributed by atoms with Gasteiger partial charge in [0.05, 0.1) is 12.7 Å². The van der Waals surface area contributed by atoms with E-state index in [9.17, 15) is 15.0 Å². The summed E-state index contributed by atoms with van der Waals surface area (Å²) < 4.78 is 10.3. The molecule has 22 heavy (non-hydrogen) atoms. The van der Waals surface area contributed by atoms with Gasteiger partial charge in [-0.2, -0.15) is 0 Å². The van der Waals surface area contributed by atoms with Crippen LogP contribution in [0.15, 0.2) is 45.8 Å². The highest BCUT2D eigenvalue weighted by atomic mass is 16.5. The first kappa shape index (κ1) is 13.8. The first-order chi connectivity index (χ1) is 10.5. The van der Waals surface area contributed by atoms with Crippen molar-refractivity contribution in [3.63, 3.8) is 0 Å². The van der Waals surface area contributed by atoms with Crippen LogP contribution in [0.2, 0.25) is 0 Å². The molecule has 3 rings (SSSR count). The van der Waals surface area contributed by atoms with Crippen LogP contribution >= 0.6 is 0 Å². The molecule has 0 spiro atoms. The van der Waals surface area contributed by atoms with Gasteiger partial charge in [-0.1, -0.05) is 12.1 Å². The number of hydrogen-bond donors (Lipinski definition) is 3. The zero-order chi connectivity index (χ0) is 15.9. The summed E-state index contributed by atoms with van der Waals surface area (Å²) >= 11 is 0. The van der Waals surface area contributed by atoms with Crippen LogP contribution < -0.4 is 15.9 Å². The zero-order valence-electron chi connectivity index (χ0n) is 11.7. The van der Waals surface area contributed by atoms with Crippen molar-refractivity contribution in [3.8, 4) is 28.4 Å². The summed E-state index contributed by atoms with van der Waals surface area (Å²) in [7, 11) is 1.28. The predicted octanol–water partition coefficient (Wildman–Crippen LogP) is 2.46. The maximum Gasteiger partial charge on any atom is 0.204 e. The van der Waals surface area contributed by atoms with E-state index in [4.69, 9.17) is 14.9 Å². The highest BCUT2D eigenvalue weighted by molar-refractivity contribution is 5.91. The summed E-state index contributed by atoms with van der Waals surface area (Å²) in [5.41, 5.74) is 6.72. The monoisotopic (exact) mass is 299 g/mol. The molecule has 4 N–H and O–H groups in total. The molecule has 0 saturated carbocycles. The molecule has 2 aromatic carbocycles. The lowest BCUT2D eigenvalue weighted by Gasteiger charge is -2.09. The van der Waals surface area contributed by atoms with Crippen LogP contribution in [-0.2, 0) is 0 Å². The number of nitrogens with two attached hydrogens (primary N) is 1. The molecule has 0 fully saturated rings. The number of ether oxygens (including phenoxy) is 1. The Morgan fingerprint density at radius 2 is 1.86 bits per heavy atom. The minimum Gasteiger partial charge on any atom is -0.504 e. The molecule has 0 aliphatic carbocycles. The summed E-state index contributed by atoms with van der Waals surface area (Å²) in [5.74, 6) is -0.936. The van der Waals surface area contributed by atoms with Gasteiger partial charge >= 0.3 is 0 Å². The van der Waals surface area contributed by atoms with E-state index < -0.39 is 11.2 Å². The molecule has 0 bridgehead atoms. The fourth-order valence-electron chi connectivity index (χ4n) is 2.30. The molecular weight excluding hydrogens is 286 g/mol. The second kappa shape index (κ2) is 5.00. The van der Waals surface area contributed by atoms with E-state index in [-0.39, 0.29) is 28.0 Å². The van der Waals surface area contributed by atoms with E-state index in [0.29, 0.717) is 11.3 Å². The molecule has 3 aromatic rings. The molecule has 0 atom stereocenters. The molecular formula is C16H13NO5. The molecule has 0 unspecified atom stereocenters. The largest absolute Gasteiger partial charge is 0.504 e. The first-order valence-electron chi connectivity index (χ1n) is 6.43. The Morgan fingerprint density at radius 1 is 1.18 bits per heavy atom. The number of anilines is 1. The van der Waals surface area contributed by atoms with E-state index in [0.717, 1.165) is 0 Å². The third kappa shape index (κ3) is 2.01. The molecule has 6 nitrogen and oxygen atoms in total. The van der Waals surface area contributed by atoms with Crippen molar-refractivity contribution in [1.82, 2.24) is 0 Å². The lowest BCUT2D eigenvalue weighted by atomic mass is 10.0. The fourth-order valence-corrected chi connectivity index (χ4v) is 2.30. The highest BCUT2D eigenvalue weighted by Gasteiger charge is 2.19. The second-order valence-electron chi connectivity index (χ2n) is 4.75. The van der Waals surface area contributed by atoms with E-state index in [2.05, 4.69) is 0 Å². The van der Waals surface area contributed by atoms with Gasteiger partial charge in [0, 0.05) is 11.8 Å². The third-order valence-electron chi connectivity index (χ3n) is 3.40. The van der Waals surface area contributed by atoms with Crippen molar-refractivity contribution >= 4 is 16.7 Å². The maximum absolute atomic E-state index is 12.6. The van der Waals surface area contributed by atoms with Gasteiger partial charge in [-0.15, -0.1) is 0 Å². The Hall–Kier alpha value is -3.15. The van der Waals surface area contributed by atoms with Gasteiger partial charge < -0.3 is 25.1 Å². The van der Waals surface area contributed by atoms with Crippen LogP contribution in [0.25, 0.3) is 22.1 Å². The van der Waals surface area contributed by atoms with Gasteiger partial charge in [-0.25, -0.2) is 0 Å². The average Bonchev–Trinajstić information content (AvgIpc) is 2.49. The number of hydrogen-bond acceptors (Lipinski definition) is 6. The zero-order valence-corrected chi connectivity index (χ0v) is 11.7. The molecule has 1 aromatic heterocycles. The first-order valence-corrected chi connectivity index (χ1v) is 6.43. The minimum absolute atomic E-state index is 0.0519. The molecule has 112 valence electrons. The highest BCUT2D eigenvalue weighted by Crippen LogP contribution is 2.41. The summed E-state index contributed by atoms with van der Waals surface area (Å²) in [6, 6.07) is 7.92. The lowest BCUT2D eigenvalue weighted by molar-refractivity contribution is 0.346. The van der Waals surface area contributed by atoms with E-state index in [1.54, 1.807) is 24.3 Å². The van der Waals surface area contributed by atoms with E-state index in [1.165, 1.54) is 19.4 Å². The Labute approximate surface area is 125 Å². The average molecular weight is 299 g/mol. The number of rotatable bonds is 2. The number of phenolic OH excluding ortho intramolecular Hbond substituents is 2. The van der Waals surface area contributed by atoms with Crippen LogP contribution in [0, 0.1) is 0 Å². The van der Waals surface area contributed by atoms with Crippen molar-refractivity contribution in [3.05, 3.63) is 46.8 Å². The van der Waals surface area contributed by atoms with Crippen LogP contribution in [0.1, 0.15) is 0 Å². The number of nitrogen functional groups attached to an aromatic ring is 1. The maximum atomic E-state index is 12.6. The lowest BCUT2D eigenvalue weighted by Crippen LogP contribution is -2.05. The molecule has 0 aliphatic heterocycles. The van der Waals surface area contributed by atoms with Crippen molar-refractivity contribution in [2.75, 3.05) is 12.8 Å². The van der Waals surface area contributed by atoms with Gasteiger partial charge in [0.1, 0.15) is 17.2 Å². The van der Waals surface area contributed by atoms with Crippen molar-refractivity contribution in [1.29, 1.82) is 0 Å². The summed E-state index contributed by atoms with van der Waals surface area (Å²) in [5, 5.41) is 19.8. The van der Waals surface area contributed by atoms with Crippen LogP contribution in [-0.4, -0.2) is 17.3 Å². The molecule has 6 heteroatoms. The normalized spacial score (nSPS) is 10.8. The van der Waals surface area contributed by atoms with Crippen molar-refractivity contribution in [2.45, 2.75) is 0 Å².